The second-order valence-corrected chi connectivity index (χ2v) is 5.40. The van der Waals surface area contributed by atoms with Crippen molar-refractivity contribution in [1.82, 2.24) is 0 Å². The number of amides is 1. The second kappa shape index (κ2) is 6.60. The first-order chi connectivity index (χ1) is 10.8. The molecule has 2 rings (SSSR count). The number of fused-ring (bicyclic) bond motifs is 1. The number of rotatable bonds is 3. The Kier molecular flexibility index (Phi) is 4.97. The Morgan fingerprint density at radius 2 is 2.04 bits per heavy atom. The molecule has 1 aromatic carbocycles. The van der Waals surface area contributed by atoms with Crippen molar-refractivity contribution >= 4 is 17.6 Å². The summed E-state index contributed by atoms with van der Waals surface area (Å²) in [7, 11) is 0. The average molecular weight is 329 g/mol. The molecule has 1 unspecified atom stereocenters. The molecule has 7 heteroatoms. The fourth-order valence-electron chi connectivity index (χ4n) is 2.59. The van der Waals surface area contributed by atoms with E-state index in [0.717, 1.165) is 12.1 Å². The van der Waals surface area contributed by atoms with Crippen LogP contribution in [0.5, 0.6) is 0 Å². The number of ketones is 1. The summed E-state index contributed by atoms with van der Waals surface area (Å²) in [5, 5.41) is 0. The van der Waals surface area contributed by atoms with Crippen molar-refractivity contribution in [2.24, 2.45) is 0 Å². The predicted octanol–water partition coefficient (Wildman–Crippen LogP) is 4.42. The highest BCUT2D eigenvalue weighted by atomic mass is 19.4. The minimum atomic E-state index is -4.54. The van der Waals surface area contributed by atoms with Crippen LogP contribution in [0.15, 0.2) is 18.2 Å². The maximum Gasteiger partial charge on any atom is 0.416 e. The molecule has 0 N–H and O–H groups in total. The lowest BCUT2D eigenvalue weighted by Crippen LogP contribution is -2.45. The van der Waals surface area contributed by atoms with E-state index in [0.29, 0.717) is 12.8 Å². The fraction of sp³-hybridized carbons (Fsp3) is 0.500. The van der Waals surface area contributed by atoms with E-state index in [1.165, 1.54) is 11.0 Å². The molecule has 1 aromatic rings. The number of ether oxygens (including phenoxy) is 1. The molecule has 0 aliphatic carbocycles. The van der Waals surface area contributed by atoms with Gasteiger partial charge in [0.1, 0.15) is 0 Å². The summed E-state index contributed by atoms with van der Waals surface area (Å²) in [5.41, 5.74) is -0.804. The van der Waals surface area contributed by atoms with Crippen molar-refractivity contribution in [2.75, 3.05) is 11.5 Å². The zero-order valence-corrected chi connectivity index (χ0v) is 12.9. The molecule has 1 aliphatic rings. The predicted molar refractivity (Wildman–Crippen MR) is 78.6 cm³/mol. The Balaban J connectivity index is 2.46. The molecule has 1 heterocycles. The Bertz CT molecular complexity index is 613. The Morgan fingerprint density at radius 3 is 2.61 bits per heavy atom. The van der Waals surface area contributed by atoms with E-state index in [1.807, 2.05) is 13.8 Å². The molecule has 0 spiro atoms. The van der Waals surface area contributed by atoms with Crippen LogP contribution in [-0.4, -0.2) is 24.5 Å². The minimum Gasteiger partial charge on any atom is -0.449 e. The van der Waals surface area contributed by atoms with Crippen LogP contribution in [0.2, 0.25) is 0 Å². The van der Waals surface area contributed by atoms with Crippen LogP contribution in [-0.2, 0) is 10.9 Å². The van der Waals surface area contributed by atoms with Crippen LogP contribution >= 0.6 is 0 Å². The highest BCUT2D eigenvalue weighted by molar-refractivity contribution is 6.08. The van der Waals surface area contributed by atoms with Gasteiger partial charge >= 0.3 is 12.3 Å². The monoisotopic (exact) mass is 329 g/mol. The van der Waals surface area contributed by atoms with Gasteiger partial charge in [-0.2, -0.15) is 13.2 Å². The Labute approximate surface area is 132 Å². The SMILES string of the molecule is CCCOC(=O)N1c2ccc(C(F)(F)F)cc2C(=O)CC1CC. The smallest absolute Gasteiger partial charge is 0.416 e. The summed E-state index contributed by atoms with van der Waals surface area (Å²) in [6.07, 6.45) is -4.04. The lowest BCUT2D eigenvalue weighted by Gasteiger charge is -2.35. The molecular formula is C16H18F3NO3. The molecule has 0 aromatic heterocycles. The number of Topliss-reactive ketones (excluding diaryl/α,β-unsaturated/α-hetero) is 1. The van der Waals surface area contributed by atoms with E-state index < -0.39 is 29.7 Å². The summed E-state index contributed by atoms with van der Waals surface area (Å²) in [5.74, 6) is -0.391. The van der Waals surface area contributed by atoms with Crippen LogP contribution in [0.3, 0.4) is 0 Å². The van der Waals surface area contributed by atoms with Crippen molar-refractivity contribution in [3.63, 3.8) is 0 Å². The van der Waals surface area contributed by atoms with E-state index in [4.69, 9.17) is 4.74 Å². The van der Waals surface area contributed by atoms with E-state index in [1.54, 1.807) is 0 Å². The highest BCUT2D eigenvalue weighted by Gasteiger charge is 2.38. The van der Waals surface area contributed by atoms with Gasteiger partial charge in [0, 0.05) is 18.0 Å². The van der Waals surface area contributed by atoms with Gasteiger partial charge in [-0.25, -0.2) is 4.79 Å². The van der Waals surface area contributed by atoms with Crippen molar-refractivity contribution in [3.05, 3.63) is 29.3 Å². The van der Waals surface area contributed by atoms with Crippen LogP contribution in [0.4, 0.5) is 23.7 Å². The van der Waals surface area contributed by atoms with Crippen LogP contribution in [0.1, 0.15) is 49.0 Å². The third-order valence-corrected chi connectivity index (χ3v) is 3.77. The molecule has 0 radical (unpaired) electrons. The number of carbonyl (C=O) groups excluding carboxylic acids is 2. The zero-order chi connectivity index (χ0) is 17.2. The summed E-state index contributed by atoms with van der Waals surface area (Å²) in [6.45, 7) is 3.87. The second-order valence-electron chi connectivity index (χ2n) is 5.40. The maximum atomic E-state index is 12.8. The van der Waals surface area contributed by atoms with Crippen LogP contribution < -0.4 is 4.90 Å². The van der Waals surface area contributed by atoms with Gasteiger partial charge in [-0.15, -0.1) is 0 Å². The molecule has 1 atom stereocenters. The highest BCUT2D eigenvalue weighted by Crippen LogP contribution is 2.37. The first kappa shape index (κ1) is 17.3. The van der Waals surface area contributed by atoms with Crippen LogP contribution in [0, 0.1) is 0 Å². The topological polar surface area (TPSA) is 46.6 Å². The molecule has 0 saturated heterocycles. The van der Waals surface area contributed by atoms with Crippen molar-refractivity contribution in [2.45, 2.75) is 45.3 Å². The Hall–Kier alpha value is -2.05. The van der Waals surface area contributed by atoms with E-state index in [-0.39, 0.29) is 24.3 Å². The number of hydrogen-bond donors (Lipinski definition) is 0. The number of carbonyl (C=O) groups is 2. The molecule has 0 bridgehead atoms. The van der Waals surface area contributed by atoms with Crippen molar-refractivity contribution in [1.29, 1.82) is 0 Å². The van der Waals surface area contributed by atoms with Gasteiger partial charge in [0.2, 0.25) is 0 Å². The van der Waals surface area contributed by atoms with E-state index >= 15 is 0 Å². The number of anilines is 1. The fourth-order valence-corrected chi connectivity index (χ4v) is 2.59. The standard InChI is InChI=1S/C16H18F3NO3/c1-3-7-23-15(22)20-11(4-2)9-14(21)12-8-10(16(17,18)19)5-6-13(12)20/h5-6,8,11H,3-4,7,9H2,1-2H3. The zero-order valence-electron chi connectivity index (χ0n) is 12.9. The summed E-state index contributed by atoms with van der Waals surface area (Å²) < 4.78 is 43.6. The third kappa shape index (κ3) is 3.48. The Morgan fingerprint density at radius 1 is 1.35 bits per heavy atom. The molecular weight excluding hydrogens is 311 g/mol. The van der Waals surface area contributed by atoms with Crippen molar-refractivity contribution < 1.29 is 27.5 Å². The van der Waals surface area contributed by atoms with E-state index in [2.05, 4.69) is 0 Å². The summed E-state index contributed by atoms with van der Waals surface area (Å²) in [4.78, 5) is 25.7. The van der Waals surface area contributed by atoms with Gasteiger partial charge in [0.15, 0.2) is 5.78 Å². The van der Waals surface area contributed by atoms with Gasteiger partial charge < -0.3 is 4.74 Å². The molecule has 23 heavy (non-hydrogen) atoms. The quantitative estimate of drug-likeness (QED) is 0.824. The van der Waals surface area contributed by atoms with Gasteiger partial charge in [-0.1, -0.05) is 13.8 Å². The first-order valence-corrected chi connectivity index (χ1v) is 7.50. The lowest BCUT2D eigenvalue weighted by molar-refractivity contribution is -0.137. The minimum absolute atomic E-state index is 0.00790. The number of alkyl halides is 3. The normalized spacial score (nSPS) is 17.9. The van der Waals surface area contributed by atoms with Gasteiger partial charge in [0.25, 0.3) is 0 Å². The summed E-state index contributed by atoms with van der Waals surface area (Å²) >= 11 is 0. The number of halogens is 3. The molecule has 4 nitrogen and oxygen atoms in total. The molecule has 0 fully saturated rings. The van der Waals surface area contributed by atoms with Crippen LogP contribution in [0.25, 0.3) is 0 Å². The average Bonchev–Trinajstić information content (AvgIpc) is 2.51. The van der Waals surface area contributed by atoms with Crippen molar-refractivity contribution in [3.8, 4) is 0 Å². The van der Waals surface area contributed by atoms with Gasteiger partial charge in [-0.05, 0) is 31.0 Å². The molecule has 126 valence electrons. The number of hydrogen-bond acceptors (Lipinski definition) is 3. The van der Waals surface area contributed by atoms with Gasteiger partial charge in [-0.3, -0.25) is 9.69 Å². The number of benzene rings is 1. The first-order valence-electron chi connectivity index (χ1n) is 7.50. The largest absolute Gasteiger partial charge is 0.449 e. The lowest BCUT2D eigenvalue weighted by atomic mass is 9.92. The molecule has 0 saturated carbocycles. The molecule has 1 amide bonds. The third-order valence-electron chi connectivity index (χ3n) is 3.77. The van der Waals surface area contributed by atoms with Gasteiger partial charge in [0.05, 0.1) is 17.9 Å². The van der Waals surface area contributed by atoms with E-state index in [9.17, 15) is 22.8 Å². The maximum absolute atomic E-state index is 12.8. The number of nitrogens with zero attached hydrogens (tertiary/aromatic N) is 1. The summed E-state index contributed by atoms with van der Waals surface area (Å²) in [6, 6.07) is 2.45. The molecule has 1 aliphatic heterocycles.